The third kappa shape index (κ3) is 3.48. The molecule has 4 rings (SSSR count). The summed E-state index contributed by atoms with van der Waals surface area (Å²) in [5, 5.41) is 3.58. The van der Waals surface area contributed by atoms with Crippen LogP contribution >= 0.6 is 0 Å². The molecule has 0 aromatic heterocycles. The number of rotatable bonds is 5. The number of carbonyl (C=O) groups is 1. The van der Waals surface area contributed by atoms with Gasteiger partial charge in [0, 0.05) is 17.3 Å². The van der Waals surface area contributed by atoms with Gasteiger partial charge in [0.15, 0.2) is 11.5 Å². The van der Waals surface area contributed by atoms with Crippen LogP contribution in [-0.2, 0) is 0 Å². The summed E-state index contributed by atoms with van der Waals surface area (Å²) < 4.78 is 16.6. The highest BCUT2D eigenvalue weighted by Gasteiger charge is 2.38. The number of nitrogens with zero attached hydrogens (tertiary/aromatic N) is 1. The third-order valence-corrected chi connectivity index (χ3v) is 5.93. The highest BCUT2D eigenvalue weighted by Crippen LogP contribution is 2.44. The lowest BCUT2D eigenvalue weighted by atomic mass is 9.91. The number of anilines is 1. The number of nitrogens with one attached hydrogen (secondary N) is 1. The summed E-state index contributed by atoms with van der Waals surface area (Å²) in [5.74, 6) is 1.78. The normalized spacial score (nSPS) is 19.3. The molecule has 1 heterocycles. The molecule has 1 aliphatic heterocycles. The first-order valence-corrected chi connectivity index (χ1v) is 10.2. The zero-order valence-electron chi connectivity index (χ0n) is 17.2. The minimum absolute atomic E-state index is 0.0741. The van der Waals surface area contributed by atoms with Crippen molar-refractivity contribution in [3.05, 3.63) is 47.5 Å². The van der Waals surface area contributed by atoms with Crippen LogP contribution in [0.2, 0.25) is 0 Å². The molecule has 0 radical (unpaired) electrons. The first kappa shape index (κ1) is 19.4. The van der Waals surface area contributed by atoms with Crippen LogP contribution in [0.4, 0.5) is 5.69 Å². The van der Waals surface area contributed by atoms with Crippen LogP contribution in [0.25, 0.3) is 0 Å². The predicted molar refractivity (Wildman–Crippen MR) is 112 cm³/mol. The van der Waals surface area contributed by atoms with E-state index in [1.54, 1.807) is 21.3 Å². The topological polar surface area (TPSA) is 60.0 Å². The molecule has 1 amide bonds. The maximum absolute atomic E-state index is 13.5. The van der Waals surface area contributed by atoms with Gasteiger partial charge in [-0.25, -0.2) is 0 Å². The Labute approximate surface area is 171 Å². The molecule has 1 N–H and O–H groups in total. The highest BCUT2D eigenvalue weighted by atomic mass is 16.5. The molecule has 154 valence electrons. The number of benzene rings is 2. The molecule has 0 unspecified atom stereocenters. The Morgan fingerprint density at radius 1 is 0.931 bits per heavy atom. The van der Waals surface area contributed by atoms with Crippen LogP contribution in [0.15, 0.2) is 36.4 Å². The summed E-state index contributed by atoms with van der Waals surface area (Å²) in [6.07, 6.45) is 5.29. The fraction of sp³-hybridized carbons (Fsp3) is 0.435. The molecule has 0 saturated heterocycles. The lowest BCUT2D eigenvalue weighted by Gasteiger charge is -2.44. The van der Waals surface area contributed by atoms with Gasteiger partial charge in [-0.1, -0.05) is 31.4 Å². The molecule has 1 atom stereocenters. The van der Waals surface area contributed by atoms with Crippen molar-refractivity contribution in [1.29, 1.82) is 0 Å². The molecule has 2 aliphatic rings. The van der Waals surface area contributed by atoms with Gasteiger partial charge in [-0.15, -0.1) is 0 Å². The molecule has 29 heavy (non-hydrogen) atoms. The quantitative estimate of drug-likeness (QED) is 0.800. The Kier molecular flexibility index (Phi) is 5.51. The van der Waals surface area contributed by atoms with Gasteiger partial charge in [0.2, 0.25) is 5.75 Å². The van der Waals surface area contributed by atoms with E-state index in [0.717, 1.165) is 42.5 Å². The molecular formula is C23H28N2O4. The number of amides is 1. The van der Waals surface area contributed by atoms with E-state index in [1.165, 1.54) is 6.42 Å². The lowest BCUT2D eigenvalue weighted by molar-refractivity contribution is 0.0523. The number of methoxy groups -OCH3 is 3. The van der Waals surface area contributed by atoms with Gasteiger partial charge in [0.05, 0.1) is 26.9 Å². The zero-order valence-corrected chi connectivity index (χ0v) is 17.2. The first-order chi connectivity index (χ1) is 14.2. The van der Waals surface area contributed by atoms with Crippen LogP contribution in [0.3, 0.4) is 0 Å². The zero-order chi connectivity index (χ0) is 20.4. The fourth-order valence-electron chi connectivity index (χ4n) is 4.51. The van der Waals surface area contributed by atoms with Crippen LogP contribution < -0.4 is 19.5 Å². The number of carbonyl (C=O) groups excluding carboxylic acids is 1. The van der Waals surface area contributed by atoms with E-state index in [9.17, 15) is 4.79 Å². The molecular weight excluding hydrogens is 368 g/mol. The van der Waals surface area contributed by atoms with Gasteiger partial charge in [0.1, 0.15) is 6.17 Å². The molecule has 2 aromatic rings. The van der Waals surface area contributed by atoms with Crippen LogP contribution in [-0.4, -0.2) is 38.2 Å². The summed E-state index contributed by atoms with van der Waals surface area (Å²) in [6, 6.07) is 11.8. The summed E-state index contributed by atoms with van der Waals surface area (Å²) in [5.41, 5.74) is 2.48. The van der Waals surface area contributed by atoms with Gasteiger partial charge >= 0.3 is 0 Å². The lowest BCUT2D eigenvalue weighted by Crippen LogP contribution is -2.49. The maximum Gasteiger partial charge on any atom is 0.258 e. The van der Waals surface area contributed by atoms with Crippen molar-refractivity contribution in [3.63, 3.8) is 0 Å². The van der Waals surface area contributed by atoms with Crippen LogP contribution in [0.5, 0.6) is 17.2 Å². The second kappa shape index (κ2) is 8.23. The monoisotopic (exact) mass is 396 g/mol. The smallest absolute Gasteiger partial charge is 0.258 e. The van der Waals surface area contributed by atoms with E-state index in [1.807, 2.05) is 41.3 Å². The Hall–Kier alpha value is -2.89. The number of para-hydroxylation sites is 1. The number of hydrogen-bond acceptors (Lipinski definition) is 5. The van der Waals surface area contributed by atoms with Gasteiger partial charge in [-0.3, -0.25) is 4.79 Å². The van der Waals surface area contributed by atoms with Gasteiger partial charge in [-0.05, 0) is 37.1 Å². The Balaban J connectivity index is 1.82. The second-order valence-corrected chi connectivity index (χ2v) is 7.56. The van der Waals surface area contributed by atoms with Crippen molar-refractivity contribution in [2.45, 2.75) is 44.3 Å². The van der Waals surface area contributed by atoms with E-state index in [0.29, 0.717) is 17.2 Å². The van der Waals surface area contributed by atoms with Crippen molar-refractivity contribution in [2.24, 2.45) is 0 Å². The minimum Gasteiger partial charge on any atom is -0.493 e. The summed E-state index contributed by atoms with van der Waals surface area (Å²) in [4.78, 5) is 15.5. The largest absolute Gasteiger partial charge is 0.493 e. The predicted octanol–water partition coefficient (Wildman–Crippen LogP) is 4.61. The van der Waals surface area contributed by atoms with E-state index in [2.05, 4.69) is 5.32 Å². The maximum atomic E-state index is 13.5. The van der Waals surface area contributed by atoms with Crippen LogP contribution in [0.1, 0.15) is 54.2 Å². The SMILES string of the molecule is COc1cc([C@@H]2Nc3ccccc3C(=O)N2C2CCCCC2)cc(OC)c1OC. The molecule has 0 bridgehead atoms. The van der Waals surface area contributed by atoms with Crippen molar-refractivity contribution in [2.75, 3.05) is 26.6 Å². The third-order valence-electron chi connectivity index (χ3n) is 5.93. The average Bonchev–Trinajstić information content (AvgIpc) is 2.78. The number of hydrogen-bond donors (Lipinski definition) is 1. The number of ether oxygens (including phenoxy) is 3. The number of fused-ring (bicyclic) bond motifs is 1. The summed E-state index contributed by atoms with van der Waals surface area (Å²) >= 11 is 0. The summed E-state index contributed by atoms with van der Waals surface area (Å²) in [6.45, 7) is 0. The first-order valence-electron chi connectivity index (χ1n) is 10.2. The van der Waals surface area contributed by atoms with Crippen molar-refractivity contribution in [1.82, 2.24) is 4.90 Å². The highest BCUT2D eigenvalue weighted by molar-refractivity contribution is 6.02. The Bertz CT molecular complexity index is 867. The van der Waals surface area contributed by atoms with Crippen molar-refractivity contribution < 1.29 is 19.0 Å². The van der Waals surface area contributed by atoms with Crippen LogP contribution in [0, 0.1) is 0 Å². The molecule has 1 saturated carbocycles. The van der Waals surface area contributed by atoms with Gasteiger partial charge < -0.3 is 24.4 Å². The molecule has 1 aliphatic carbocycles. The van der Waals surface area contributed by atoms with Gasteiger partial charge in [-0.2, -0.15) is 0 Å². The second-order valence-electron chi connectivity index (χ2n) is 7.56. The van der Waals surface area contributed by atoms with Crippen molar-refractivity contribution >= 4 is 11.6 Å². The van der Waals surface area contributed by atoms with E-state index in [-0.39, 0.29) is 18.1 Å². The van der Waals surface area contributed by atoms with E-state index >= 15 is 0 Å². The minimum atomic E-state index is -0.297. The molecule has 0 spiro atoms. The van der Waals surface area contributed by atoms with E-state index in [4.69, 9.17) is 14.2 Å². The average molecular weight is 396 g/mol. The Morgan fingerprint density at radius 3 is 2.21 bits per heavy atom. The standard InChI is InChI=1S/C23H28N2O4/c1-27-19-13-15(14-20(28-2)21(19)29-3)22-24-18-12-8-7-11-17(18)23(26)25(22)16-9-5-4-6-10-16/h7-8,11-14,16,22,24H,4-6,9-10H2,1-3H3/t22-/m1/s1. The summed E-state index contributed by atoms with van der Waals surface area (Å²) in [7, 11) is 4.80. The molecule has 2 aromatic carbocycles. The molecule has 6 nitrogen and oxygen atoms in total. The fourth-order valence-corrected chi connectivity index (χ4v) is 4.51. The van der Waals surface area contributed by atoms with E-state index < -0.39 is 0 Å². The molecule has 1 fully saturated rings. The Morgan fingerprint density at radius 2 is 1.59 bits per heavy atom. The molecule has 6 heteroatoms. The van der Waals surface area contributed by atoms with Crippen molar-refractivity contribution in [3.8, 4) is 17.2 Å². The van der Waals surface area contributed by atoms with Gasteiger partial charge in [0.25, 0.3) is 5.91 Å².